The molecule has 4 aromatic rings. The van der Waals surface area contributed by atoms with Crippen LogP contribution in [0.3, 0.4) is 0 Å². The third-order valence-corrected chi connectivity index (χ3v) is 6.58. The van der Waals surface area contributed by atoms with E-state index in [-0.39, 0.29) is 36.5 Å². The molecule has 0 saturated heterocycles. The number of carbonyl (C=O) groups is 2. The molecule has 190 valence electrons. The van der Waals surface area contributed by atoms with Crippen LogP contribution < -0.4 is 15.4 Å². The molecule has 0 aliphatic rings. The molecular weight excluding hydrogens is 585 g/mol. The van der Waals surface area contributed by atoms with Crippen molar-refractivity contribution >= 4 is 56.8 Å². The monoisotopic (exact) mass is 603 g/mol. The third kappa shape index (κ3) is 7.78. The molecule has 0 aliphatic carbocycles. The summed E-state index contributed by atoms with van der Waals surface area (Å²) in [6.07, 6.45) is 0. The second-order valence-electron chi connectivity index (χ2n) is 7.57. The molecule has 0 saturated carbocycles. The maximum atomic E-state index is 13.1. The van der Waals surface area contributed by atoms with Crippen molar-refractivity contribution in [2.75, 3.05) is 17.7 Å². The van der Waals surface area contributed by atoms with E-state index in [1.165, 1.54) is 36.0 Å². The largest absolute Gasteiger partial charge is 0.484 e. The van der Waals surface area contributed by atoms with Crippen LogP contribution in [0.5, 0.6) is 5.75 Å². The Kier molecular flexibility index (Phi) is 9.15. The van der Waals surface area contributed by atoms with Gasteiger partial charge in [0.15, 0.2) is 17.6 Å². The highest BCUT2D eigenvalue weighted by atomic mass is 79.9. The first-order valence-corrected chi connectivity index (χ1v) is 13.1. The number of hydrogen-bond acceptors (Lipinski definition) is 6. The molecule has 1 heterocycles. The average Bonchev–Trinajstić information content (AvgIpc) is 3.30. The summed E-state index contributed by atoms with van der Waals surface area (Å²) in [6, 6.07) is 19.7. The molecule has 0 bridgehead atoms. The minimum Gasteiger partial charge on any atom is -0.484 e. The number of thioether (sulfide) groups is 1. The van der Waals surface area contributed by atoms with E-state index in [2.05, 4.69) is 36.8 Å². The summed E-state index contributed by atoms with van der Waals surface area (Å²) in [6.45, 7) is -0.0899. The zero-order valence-corrected chi connectivity index (χ0v) is 22.3. The lowest BCUT2D eigenvalue weighted by atomic mass is 10.3. The van der Waals surface area contributed by atoms with Crippen LogP contribution in [0.25, 0.3) is 5.69 Å². The zero-order chi connectivity index (χ0) is 26.2. The van der Waals surface area contributed by atoms with Crippen molar-refractivity contribution in [2.45, 2.75) is 11.7 Å². The van der Waals surface area contributed by atoms with Gasteiger partial charge in [0.2, 0.25) is 5.91 Å². The number of benzene rings is 3. The van der Waals surface area contributed by atoms with Gasteiger partial charge in [-0.25, -0.2) is 4.39 Å². The number of rotatable bonds is 10. The van der Waals surface area contributed by atoms with Crippen LogP contribution in [0.1, 0.15) is 5.82 Å². The second-order valence-corrected chi connectivity index (χ2v) is 9.87. The molecule has 2 N–H and O–H groups in total. The van der Waals surface area contributed by atoms with Crippen LogP contribution in [0.15, 0.2) is 82.4 Å². The Labute approximate surface area is 229 Å². The van der Waals surface area contributed by atoms with Gasteiger partial charge >= 0.3 is 0 Å². The molecule has 2 amide bonds. The number of carbonyl (C=O) groups excluding carboxylic acids is 2. The van der Waals surface area contributed by atoms with Gasteiger partial charge in [-0.15, -0.1) is 10.2 Å². The van der Waals surface area contributed by atoms with Crippen molar-refractivity contribution in [2.24, 2.45) is 0 Å². The summed E-state index contributed by atoms with van der Waals surface area (Å²) in [4.78, 5) is 24.8. The fraction of sp³-hybridized carbons (Fsp3) is 0.120. The van der Waals surface area contributed by atoms with Crippen molar-refractivity contribution in [1.82, 2.24) is 20.1 Å². The Balaban J connectivity index is 1.41. The molecule has 3 aromatic carbocycles. The fourth-order valence-electron chi connectivity index (χ4n) is 3.13. The maximum absolute atomic E-state index is 13.1. The van der Waals surface area contributed by atoms with Gasteiger partial charge in [-0.1, -0.05) is 39.3 Å². The van der Waals surface area contributed by atoms with E-state index in [1.54, 1.807) is 28.8 Å². The molecule has 0 spiro atoms. The topological polar surface area (TPSA) is 98.1 Å². The van der Waals surface area contributed by atoms with Crippen LogP contribution in [0.4, 0.5) is 10.1 Å². The fourth-order valence-corrected chi connectivity index (χ4v) is 4.29. The predicted molar refractivity (Wildman–Crippen MR) is 144 cm³/mol. The lowest BCUT2D eigenvalue weighted by Crippen LogP contribution is -2.29. The number of anilines is 1. The number of halogens is 3. The molecule has 37 heavy (non-hydrogen) atoms. The quantitative estimate of drug-likeness (QED) is 0.240. The molecule has 0 aliphatic heterocycles. The first kappa shape index (κ1) is 26.6. The second kappa shape index (κ2) is 12.7. The molecule has 0 unspecified atom stereocenters. The first-order valence-electron chi connectivity index (χ1n) is 10.9. The number of nitrogens with one attached hydrogen (secondary N) is 2. The summed E-state index contributed by atoms with van der Waals surface area (Å²) in [5, 5.41) is 15.0. The third-order valence-electron chi connectivity index (χ3n) is 4.87. The van der Waals surface area contributed by atoms with Gasteiger partial charge < -0.3 is 15.4 Å². The van der Waals surface area contributed by atoms with E-state index < -0.39 is 0 Å². The minimum atomic E-state index is -0.383. The standard InChI is InChI=1S/C25H20BrClFN5O3S/c26-16-1-9-20(10-2-16)33-22(13-29-23(34)14-36-21-11-3-17(27)4-12-21)31-32-25(33)37-15-24(35)30-19-7-5-18(28)6-8-19/h1-12H,13-15H2,(H,29,34)(H,30,35). The highest BCUT2D eigenvalue weighted by Crippen LogP contribution is 2.24. The van der Waals surface area contributed by atoms with E-state index >= 15 is 0 Å². The predicted octanol–water partition coefficient (Wildman–Crippen LogP) is 5.25. The van der Waals surface area contributed by atoms with Crippen LogP contribution in [-0.2, 0) is 16.1 Å². The molecule has 12 heteroatoms. The summed E-state index contributed by atoms with van der Waals surface area (Å²) in [7, 11) is 0. The highest BCUT2D eigenvalue weighted by molar-refractivity contribution is 9.10. The van der Waals surface area contributed by atoms with Crippen LogP contribution in [-0.4, -0.2) is 38.9 Å². The molecule has 0 radical (unpaired) electrons. The molecule has 1 aromatic heterocycles. The Bertz CT molecular complexity index is 1370. The van der Waals surface area contributed by atoms with Crippen LogP contribution in [0, 0.1) is 5.82 Å². The van der Waals surface area contributed by atoms with Crippen molar-refractivity contribution in [3.8, 4) is 11.4 Å². The summed E-state index contributed by atoms with van der Waals surface area (Å²) in [5.74, 6) is 0.0436. The molecule has 4 rings (SSSR count). The lowest BCUT2D eigenvalue weighted by Gasteiger charge is -2.12. The molecular formula is C25H20BrClFN5O3S. The summed E-state index contributed by atoms with van der Waals surface area (Å²) < 4.78 is 21.2. The molecule has 8 nitrogen and oxygen atoms in total. The minimum absolute atomic E-state index is 0.0489. The summed E-state index contributed by atoms with van der Waals surface area (Å²) in [5.41, 5.74) is 1.25. The van der Waals surface area contributed by atoms with E-state index in [9.17, 15) is 14.0 Å². The van der Waals surface area contributed by atoms with E-state index in [4.69, 9.17) is 16.3 Å². The molecule has 0 atom stereocenters. The average molecular weight is 605 g/mol. The number of aromatic nitrogens is 3. The van der Waals surface area contributed by atoms with Gasteiger partial charge in [0.05, 0.1) is 12.3 Å². The lowest BCUT2D eigenvalue weighted by molar-refractivity contribution is -0.123. The van der Waals surface area contributed by atoms with Gasteiger partial charge in [0, 0.05) is 20.9 Å². The Hall–Kier alpha value is -3.41. The van der Waals surface area contributed by atoms with Crippen LogP contribution >= 0.6 is 39.3 Å². The van der Waals surface area contributed by atoms with E-state index in [0.717, 1.165) is 10.2 Å². The Morgan fingerprint density at radius 3 is 2.38 bits per heavy atom. The van der Waals surface area contributed by atoms with Crippen molar-refractivity contribution in [3.63, 3.8) is 0 Å². The first-order chi connectivity index (χ1) is 17.9. The van der Waals surface area contributed by atoms with Gasteiger partial charge in [-0.05, 0) is 72.8 Å². The van der Waals surface area contributed by atoms with E-state index in [1.807, 2.05) is 24.3 Å². The van der Waals surface area contributed by atoms with Gasteiger partial charge in [-0.2, -0.15) is 0 Å². The van der Waals surface area contributed by atoms with Crippen LogP contribution in [0.2, 0.25) is 5.02 Å². The number of ether oxygens (including phenoxy) is 1. The summed E-state index contributed by atoms with van der Waals surface area (Å²) >= 11 is 10.5. The van der Waals surface area contributed by atoms with Crippen molar-refractivity contribution in [1.29, 1.82) is 0 Å². The number of nitrogens with zero attached hydrogens (tertiary/aromatic N) is 3. The highest BCUT2D eigenvalue weighted by Gasteiger charge is 2.17. The SMILES string of the molecule is O=C(COc1ccc(Cl)cc1)NCc1nnc(SCC(=O)Nc2ccc(F)cc2)n1-c1ccc(Br)cc1. The maximum Gasteiger partial charge on any atom is 0.258 e. The Morgan fingerprint density at radius 2 is 1.68 bits per heavy atom. The van der Waals surface area contributed by atoms with Gasteiger partial charge in [-0.3, -0.25) is 14.2 Å². The zero-order valence-electron chi connectivity index (χ0n) is 19.2. The van der Waals surface area contributed by atoms with E-state index in [0.29, 0.717) is 27.4 Å². The Morgan fingerprint density at radius 1 is 0.973 bits per heavy atom. The smallest absolute Gasteiger partial charge is 0.258 e. The molecule has 0 fully saturated rings. The van der Waals surface area contributed by atoms with Crippen molar-refractivity contribution in [3.05, 3.63) is 93.9 Å². The normalized spacial score (nSPS) is 10.7. The van der Waals surface area contributed by atoms with Crippen molar-refractivity contribution < 1.29 is 18.7 Å². The van der Waals surface area contributed by atoms with Gasteiger partial charge in [0.25, 0.3) is 5.91 Å². The number of amides is 2. The van der Waals surface area contributed by atoms with Gasteiger partial charge in [0.1, 0.15) is 11.6 Å². The number of hydrogen-bond donors (Lipinski definition) is 2.